The van der Waals surface area contributed by atoms with Crippen LogP contribution in [0.3, 0.4) is 0 Å². The molecule has 2 rings (SSSR count). The average molecular weight is 372 g/mol. The lowest BCUT2D eigenvalue weighted by molar-refractivity contribution is -0.0142. The second kappa shape index (κ2) is 10.0. The topological polar surface area (TPSA) is 99.4 Å². The first-order valence-electron chi connectivity index (χ1n) is 8.82. The van der Waals surface area contributed by atoms with Crippen LogP contribution in [-0.2, 0) is 22.7 Å². The standard InChI is InChI=1S/C19H26B2O6/c1-19(2,13-26-11-15-3-7-17(8-4-15)20(22)23)14-27-12-16-5-9-18(10-6-16)21(24)25/h3-10,22-25H,11-14H2,1-2H3. The number of benzene rings is 2. The van der Waals surface area contributed by atoms with E-state index in [9.17, 15) is 0 Å². The lowest BCUT2D eigenvalue weighted by atomic mass is 9.80. The average Bonchev–Trinajstić information content (AvgIpc) is 2.62. The van der Waals surface area contributed by atoms with Crippen LogP contribution < -0.4 is 10.9 Å². The summed E-state index contributed by atoms with van der Waals surface area (Å²) in [6.45, 7) is 6.04. The lowest BCUT2D eigenvalue weighted by Gasteiger charge is -2.24. The van der Waals surface area contributed by atoms with Crippen LogP contribution >= 0.6 is 0 Å². The van der Waals surface area contributed by atoms with Gasteiger partial charge in [-0.15, -0.1) is 0 Å². The first-order chi connectivity index (χ1) is 12.8. The Hall–Kier alpha value is -1.67. The van der Waals surface area contributed by atoms with Crippen molar-refractivity contribution in [1.29, 1.82) is 0 Å². The van der Waals surface area contributed by atoms with Crippen LogP contribution in [0.15, 0.2) is 48.5 Å². The van der Waals surface area contributed by atoms with Crippen molar-refractivity contribution < 1.29 is 29.6 Å². The third-order valence-electron chi connectivity index (χ3n) is 4.08. The van der Waals surface area contributed by atoms with Gasteiger partial charge in [0, 0.05) is 5.41 Å². The Kier molecular flexibility index (Phi) is 8.04. The van der Waals surface area contributed by atoms with E-state index < -0.39 is 14.2 Å². The largest absolute Gasteiger partial charge is 0.488 e. The van der Waals surface area contributed by atoms with E-state index in [0.717, 1.165) is 11.1 Å². The molecule has 0 aliphatic carbocycles. The minimum Gasteiger partial charge on any atom is -0.423 e. The Morgan fingerprint density at radius 3 is 1.30 bits per heavy atom. The molecule has 0 fully saturated rings. The molecule has 0 aliphatic heterocycles. The number of hydrogen-bond donors (Lipinski definition) is 4. The maximum absolute atomic E-state index is 9.09. The van der Waals surface area contributed by atoms with Crippen molar-refractivity contribution in [3.05, 3.63) is 59.7 Å². The van der Waals surface area contributed by atoms with E-state index >= 15 is 0 Å². The maximum atomic E-state index is 9.09. The molecule has 0 saturated carbocycles. The van der Waals surface area contributed by atoms with Gasteiger partial charge in [0.25, 0.3) is 0 Å². The molecule has 0 radical (unpaired) electrons. The highest BCUT2D eigenvalue weighted by molar-refractivity contribution is 6.58. The zero-order chi connectivity index (χ0) is 19.9. The molecule has 144 valence electrons. The Labute approximate surface area is 160 Å². The van der Waals surface area contributed by atoms with Crippen molar-refractivity contribution in [3.8, 4) is 0 Å². The van der Waals surface area contributed by atoms with Crippen LogP contribution in [0.2, 0.25) is 0 Å². The molecular formula is C19H26B2O6. The number of ether oxygens (including phenoxy) is 2. The monoisotopic (exact) mass is 372 g/mol. The predicted molar refractivity (Wildman–Crippen MR) is 106 cm³/mol. The smallest absolute Gasteiger partial charge is 0.423 e. The van der Waals surface area contributed by atoms with E-state index in [-0.39, 0.29) is 5.41 Å². The molecule has 0 unspecified atom stereocenters. The molecule has 0 spiro atoms. The molecule has 0 aliphatic rings. The fraction of sp³-hybridized carbons (Fsp3) is 0.368. The Balaban J connectivity index is 1.71. The van der Waals surface area contributed by atoms with Gasteiger partial charge in [0.15, 0.2) is 0 Å². The molecule has 0 bridgehead atoms. The molecule has 6 nitrogen and oxygen atoms in total. The summed E-state index contributed by atoms with van der Waals surface area (Å²) in [5, 5.41) is 36.4. The zero-order valence-corrected chi connectivity index (χ0v) is 15.7. The summed E-state index contributed by atoms with van der Waals surface area (Å²) in [6, 6.07) is 13.9. The summed E-state index contributed by atoms with van der Waals surface area (Å²) in [5.41, 5.74) is 2.66. The fourth-order valence-corrected chi connectivity index (χ4v) is 2.50. The number of rotatable bonds is 10. The van der Waals surface area contributed by atoms with E-state index in [0.29, 0.717) is 37.4 Å². The minimum absolute atomic E-state index is 0.164. The van der Waals surface area contributed by atoms with Gasteiger partial charge < -0.3 is 29.6 Å². The summed E-state index contributed by atoms with van der Waals surface area (Å²) >= 11 is 0. The van der Waals surface area contributed by atoms with E-state index in [2.05, 4.69) is 13.8 Å². The normalized spacial score (nSPS) is 11.5. The highest BCUT2D eigenvalue weighted by Gasteiger charge is 2.19. The summed E-state index contributed by atoms with van der Waals surface area (Å²) < 4.78 is 11.5. The van der Waals surface area contributed by atoms with E-state index in [4.69, 9.17) is 29.6 Å². The molecule has 0 heterocycles. The molecule has 2 aromatic carbocycles. The molecule has 0 atom stereocenters. The Bertz CT molecular complexity index is 627. The quantitative estimate of drug-likeness (QED) is 0.432. The molecule has 0 amide bonds. The van der Waals surface area contributed by atoms with Gasteiger partial charge in [-0.1, -0.05) is 62.4 Å². The summed E-state index contributed by atoms with van der Waals surface area (Å²) in [5.74, 6) is 0. The summed E-state index contributed by atoms with van der Waals surface area (Å²) in [4.78, 5) is 0. The van der Waals surface area contributed by atoms with Crippen molar-refractivity contribution >= 4 is 25.2 Å². The van der Waals surface area contributed by atoms with Crippen molar-refractivity contribution in [3.63, 3.8) is 0 Å². The van der Waals surface area contributed by atoms with Crippen molar-refractivity contribution in [2.45, 2.75) is 27.1 Å². The molecule has 0 aromatic heterocycles. The summed E-state index contributed by atoms with van der Waals surface area (Å²) in [7, 11) is -2.91. The SMILES string of the molecule is CC(C)(COCc1ccc(B(O)O)cc1)COCc1ccc(B(O)O)cc1. The molecule has 4 N–H and O–H groups in total. The predicted octanol–water partition coefficient (Wildman–Crippen LogP) is -0.194. The molecule has 0 saturated heterocycles. The van der Waals surface area contributed by atoms with Crippen LogP contribution in [-0.4, -0.2) is 47.5 Å². The molecule has 2 aromatic rings. The molecular weight excluding hydrogens is 346 g/mol. The van der Waals surface area contributed by atoms with Gasteiger partial charge in [-0.05, 0) is 22.1 Å². The van der Waals surface area contributed by atoms with Crippen molar-refractivity contribution in [2.75, 3.05) is 13.2 Å². The molecule has 27 heavy (non-hydrogen) atoms. The second-order valence-electron chi connectivity index (χ2n) is 7.38. The summed E-state index contributed by atoms with van der Waals surface area (Å²) in [6.07, 6.45) is 0. The first kappa shape index (κ1) is 21.6. The minimum atomic E-state index is -1.46. The van der Waals surface area contributed by atoms with Crippen LogP contribution in [0.4, 0.5) is 0 Å². The highest BCUT2D eigenvalue weighted by atomic mass is 16.5. The van der Waals surface area contributed by atoms with Crippen molar-refractivity contribution in [2.24, 2.45) is 5.41 Å². The van der Waals surface area contributed by atoms with Crippen LogP contribution in [0, 0.1) is 5.41 Å². The van der Waals surface area contributed by atoms with E-state index in [1.54, 1.807) is 24.3 Å². The lowest BCUT2D eigenvalue weighted by Crippen LogP contribution is -2.29. The van der Waals surface area contributed by atoms with E-state index in [1.807, 2.05) is 24.3 Å². The van der Waals surface area contributed by atoms with Gasteiger partial charge in [0.1, 0.15) is 0 Å². The highest BCUT2D eigenvalue weighted by Crippen LogP contribution is 2.18. The van der Waals surface area contributed by atoms with Crippen LogP contribution in [0.5, 0.6) is 0 Å². The van der Waals surface area contributed by atoms with Gasteiger partial charge >= 0.3 is 14.2 Å². The van der Waals surface area contributed by atoms with E-state index in [1.165, 1.54) is 0 Å². The Morgan fingerprint density at radius 2 is 1.00 bits per heavy atom. The zero-order valence-electron chi connectivity index (χ0n) is 15.7. The van der Waals surface area contributed by atoms with Gasteiger partial charge in [-0.2, -0.15) is 0 Å². The maximum Gasteiger partial charge on any atom is 0.488 e. The van der Waals surface area contributed by atoms with Gasteiger partial charge in [0.05, 0.1) is 26.4 Å². The van der Waals surface area contributed by atoms with Crippen LogP contribution in [0.1, 0.15) is 25.0 Å². The van der Waals surface area contributed by atoms with Gasteiger partial charge in [0.2, 0.25) is 0 Å². The second-order valence-corrected chi connectivity index (χ2v) is 7.38. The van der Waals surface area contributed by atoms with Gasteiger partial charge in [-0.3, -0.25) is 0 Å². The molecule has 8 heteroatoms. The van der Waals surface area contributed by atoms with Crippen molar-refractivity contribution in [1.82, 2.24) is 0 Å². The first-order valence-corrected chi connectivity index (χ1v) is 8.82. The Morgan fingerprint density at radius 1 is 0.667 bits per heavy atom. The number of hydrogen-bond acceptors (Lipinski definition) is 6. The third-order valence-corrected chi connectivity index (χ3v) is 4.08. The van der Waals surface area contributed by atoms with Gasteiger partial charge in [-0.25, -0.2) is 0 Å². The van der Waals surface area contributed by atoms with Crippen LogP contribution in [0.25, 0.3) is 0 Å². The fourth-order valence-electron chi connectivity index (χ4n) is 2.50. The third kappa shape index (κ3) is 7.46.